The summed E-state index contributed by atoms with van der Waals surface area (Å²) in [7, 11) is 1.53. The molecule has 7 heteroatoms. The number of esters is 1. The van der Waals surface area contributed by atoms with Crippen molar-refractivity contribution in [3.05, 3.63) is 64.9 Å². The molecule has 1 N–H and O–H groups in total. The zero-order chi connectivity index (χ0) is 19.4. The highest BCUT2D eigenvalue weighted by molar-refractivity contribution is 6.30. The molecule has 1 heterocycles. The van der Waals surface area contributed by atoms with Gasteiger partial charge in [-0.25, -0.2) is 4.79 Å². The van der Waals surface area contributed by atoms with Gasteiger partial charge in [-0.2, -0.15) is 0 Å². The van der Waals surface area contributed by atoms with E-state index in [2.05, 4.69) is 5.32 Å². The van der Waals surface area contributed by atoms with Crippen LogP contribution in [0.25, 0.3) is 11.0 Å². The number of nitrogens with one attached hydrogen (secondary N) is 1. The molecule has 0 saturated carbocycles. The van der Waals surface area contributed by atoms with E-state index in [-0.39, 0.29) is 12.4 Å². The predicted molar refractivity (Wildman–Crippen MR) is 102 cm³/mol. The number of furan rings is 1. The monoisotopic (exact) mass is 387 g/mol. The molecule has 27 heavy (non-hydrogen) atoms. The number of hydrogen-bond donors (Lipinski definition) is 1. The number of ether oxygens (including phenoxy) is 2. The Balaban J connectivity index is 1.74. The molecule has 0 aliphatic heterocycles. The zero-order valence-corrected chi connectivity index (χ0v) is 15.6. The molecule has 0 fully saturated rings. The predicted octanol–water partition coefficient (Wildman–Crippen LogP) is 4.42. The third-order valence-corrected chi connectivity index (χ3v) is 4.19. The van der Waals surface area contributed by atoms with Gasteiger partial charge in [-0.1, -0.05) is 29.8 Å². The second kappa shape index (κ2) is 8.24. The van der Waals surface area contributed by atoms with E-state index in [4.69, 9.17) is 25.5 Å². The van der Waals surface area contributed by atoms with Gasteiger partial charge in [0.05, 0.1) is 6.61 Å². The van der Waals surface area contributed by atoms with E-state index in [9.17, 15) is 9.59 Å². The number of amides is 1. The molecule has 1 atom stereocenters. The first-order chi connectivity index (χ1) is 13.0. The van der Waals surface area contributed by atoms with E-state index < -0.39 is 18.0 Å². The number of hydrogen-bond acceptors (Lipinski definition) is 5. The van der Waals surface area contributed by atoms with Crippen LogP contribution in [0.4, 0.5) is 5.69 Å². The second-order valence-electron chi connectivity index (χ2n) is 5.88. The van der Waals surface area contributed by atoms with Crippen LogP contribution in [0.3, 0.4) is 0 Å². The van der Waals surface area contributed by atoms with Crippen LogP contribution in [0, 0.1) is 0 Å². The molecule has 140 valence electrons. The van der Waals surface area contributed by atoms with Crippen LogP contribution >= 0.6 is 11.6 Å². The first-order valence-corrected chi connectivity index (χ1v) is 8.64. The van der Waals surface area contributed by atoms with E-state index in [0.717, 1.165) is 5.39 Å². The third-order valence-electron chi connectivity index (χ3n) is 3.94. The Hall–Kier alpha value is -2.83. The summed E-state index contributed by atoms with van der Waals surface area (Å²) in [5.41, 5.74) is 1.69. The number of benzene rings is 2. The van der Waals surface area contributed by atoms with E-state index in [1.54, 1.807) is 36.4 Å². The minimum Gasteiger partial charge on any atom is -0.449 e. The standard InChI is InChI=1S/C20H18ClNO5/c1-12(19(23)22-14-9-7-13(21)8-10-14)26-20(24)18-16(11-25-2)15-5-3-4-6-17(15)27-18/h3-10,12H,11H2,1-2H3,(H,22,23)/t12-/m1/s1. The molecule has 3 aromatic rings. The Morgan fingerprint density at radius 2 is 1.85 bits per heavy atom. The highest BCUT2D eigenvalue weighted by Crippen LogP contribution is 2.27. The Morgan fingerprint density at radius 1 is 1.15 bits per heavy atom. The molecule has 0 aliphatic rings. The molecular weight excluding hydrogens is 370 g/mol. The molecule has 1 aromatic heterocycles. The number of carbonyl (C=O) groups is 2. The number of halogens is 1. The third kappa shape index (κ3) is 4.30. The van der Waals surface area contributed by atoms with Crippen LogP contribution in [0.2, 0.25) is 5.02 Å². The quantitative estimate of drug-likeness (QED) is 0.633. The van der Waals surface area contributed by atoms with Crippen molar-refractivity contribution in [2.75, 3.05) is 12.4 Å². The highest BCUT2D eigenvalue weighted by Gasteiger charge is 2.25. The molecule has 1 amide bonds. The number of fused-ring (bicyclic) bond motifs is 1. The number of rotatable bonds is 6. The maximum Gasteiger partial charge on any atom is 0.375 e. The number of carbonyl (C=O) groups excluding carboxylic acids is 2. The molecule has 0 aliphatic carbocycles. The normalized spacial score (nSPS) is 12.0. The second-order valence-corrected chi connectivity index (χ2v) is 6.32. The summed E-state index contributed by atoms with van der Waals surface area (Å²) in [4.78, 5) is 24.8. The lowest BCUT2D eigenvalue weighted by molar-refractivity contribution is -0.123. The van der Waals surface area contributed by atoms with Gasteiger partial charge in [0, 0.05) is 28.8 Å². The van der Waals surface area contributed by atoms with Crippen LogP contribution in [0.1, 0.15) is 23.0 Å². The number of anilines is 1. The summed E-state index contributed by atoms with van der Waals surface area (Å²) in [5, 5.41) is 3.99. The number of methoxy groups -OCH3 is 1. The van der Waals surface area contributed by atoms with Gasteiger partial charge in [-0.15, -0.1) is 0 Å². The summed E-state index contributed by atoms with van der Waals surface area (Å²) < 4.78 is 16.1. The Kier molecular flexibility index (Phi) is 5.78. The lowest BCUT2D eigenvalue weighted by Crippen LogP contribution is -2.30. The fourth-order valence-electron chi connectivity index (χ4n) is 2.60. The molecule has 0 radical (unpaired) electrons. The first kappa shape index (κ1) is 18.9. The summed E-state index contributed by atoms with van der Waals surface area (Å²) in [5.74, 6) is -1.16. The minimum atomic E-state index is -1.02. The average molecular weight is 388 g/mol. The van der Waals surface area contributed by atoms with Gasteiger partial charge in [-0.3, -0.25) is 4.79 Å². The van der Waals surface area contributed by atoms with Gasteiger partial charge >= 0.3 is 5.97 Å². The van der Waals surface area contributed by atoms with E-state index in [1.165, 1.54) is 14.0 Å². The van der Waals surface area contributed by atoms with Crippen LogP contribution < -0.4 is 5.32 Å². The van der Waals surface area contributed by atoms with Gasteiger partial charge in [-0.05, 0) is 37.3 Å². The first-order valence-electron chi connectivity index (χ1n) is 8.26. The van der Waals surface area contributed by atoms with Crippen molar-refractivity contribution in [2.45, 2.75) is 19.6 Å². The van der Waals surface area contributed by atoms with Crippen molar-refractivity contribution in [1.29, 1.82) is 0 Å². The summed E-state index contributed by atoms with van der Waals surface area (Å²) in [6, 6.07) is 13.9. The van der Waals surface area contributed by atoms with E-state index in [0.29, 0.717) is 21.9 Å². The van der Waals surface area contributed by atoms with E-state index >= 15 is 0 Å². The maximum atomic E-state index is 12.6. The van der Waals surface area contributed by atoms with Gasteiger partial charge in [0.2, 0.25) is 5.76 Å². The van der Waals surface area contributed by atoms with Crippen molar-refractivity contribution in [2.24, 2.45) is 0 Å². The molecular formula is C20H18ClNO5. The van der Waals surface area contributed by atoms with Crippen LogP contribution in [-0.4, -0.2) is 25.1 Å². The fourth-order valence-corrected chi connectivity index (χ4v) is 2.72. The topological polar surface area (TPSA) is 77.8 Å². The smallest absolute Gasteiger partial charge is 0.375 e. The van der Waals surface area contributed by atoms with Gasteiger partial charge in [0.25, 0.3) is 5.91 Å². The number of para-hydroxylation sites is 1. The summed E-state index contributed by atoms with van der Waals surface area (Å²) in [6.07, 6.45) is -1.02. The zero-order valence-electron chi connectivity index (χ0n) is 14.8. The summed E-state index contributed by atoms with van der Waals surface area (Å²) >= 11 is 5.82. The average Bonchev–Trinajstić information content (AvgIpc) is 3.03. The molecule has 0 unspecified atom stereocenters. The molecule has 0 saturated heterocycles. The summed E-state index contributed by atoms with van der Waals surface area (Å²) in [6.45, 7) is 1.68. The molecule has 6 nitrogen and oxygen atoms in total. The van der Waals surface area contributed by atoms with Crippen LogP contribution in [0.5, 0.6) is 0 Å². The minimum absolute atomic E-state index is 0.0317. The Labute approximate surface area is 161 Å². The maximum absolute atomic E-state index is 12.6. The SMILES string of the molecule is COCc1c(C(=O)O[C@H](C)C(=O)Nc2ccc(Cl)cc2)oc2ccccc12. The van der Waals surface area contributed by atoms with E-state index in [1.807, 2.05) is 12.1 Å². The molecule has 0 spiro atoms. The van der Waals surface area contributed by atoms with Gasteiger partial charge in [0.1, 0.15) is 5.58 Å². The van der Waals surface area contributed by atoms with Crippen molar-refractivity contribution < 1.29 is 23.5 Å². The van der Waals surface area contributed by atoms with Crippen molar-refractivity contribution in [3.63, 3.8) is 0 Å². The Morgan fingerprint density at radius 3 is 2.56 bits per heavy atom. The molecule has 0 bridgehead atoms. The lowest BCUT2D eigenvalue weighted by Gasteiger charge is -2.13. The molecule has 3 rings (SSSR count). The van der Waals surface area contributed by atoms with Gasteiger partial charge in [0.15, 0.2) is 6.10 Å². The largest absolute Gasteiger partial charge is 0.449 e. The van der Waals surface area contributed by atoms with Crippen LogP contribution in [0.15, 0.2) is 52.9 Å². The Bertz CT molecular complexity index is 964. The molecule has 2 aromatic carbocycles. The lowest BCUT2D eigenvalue weighted by atomic mass is 10.1. The van der Waals surface area contributed by atoms with Crippen molar-refractivity contribution in [1.82, 2.24) is 0 Å². The van der Waals surface area contributed by atoms with Crippen molar-refractivity contribution in [3.8, 4) is 0 Å². The van der Waals surface area contributed by atoms with Gasteiger partial charge < -0.3 is 19.2 Å². The fraction of sp³-hybridized carbons (Fsp3) is 0.200. The van der Waals surface area contributed by atoms with Crippen LogP contribution in [-0.2, 0) is 20.9 Å². The highest BCUT2D eigenvalue weighted by atomic mass is 35.5. The van der Waals surface area contributed by atoms with Crippen molar-refractivity contribution >= 4 is 40.1 Å².